The van der Waals surface area contributed by atoms with Crippen molar-refractivity contribution in [2.75, 3.05) is 16.8 Å². The molecule has 2 atom stereocenters. The Bertz CT molecular complexity index is 1010. The zero-order valence-electron chi connectivity index (χ0n) is 13.8. The van der Waals surface area contributed by atoms with Crippen molar-refractivity contribution in [3.05, 3.63) is 41.8 Å². The number of nitriles is 1. The third kappa shape index (κ3) is 3.25. The summed E-state index contributed by atoms with van der Waals surface area (Å²) in [6, 6.07) is 6.67. The minimum atomic E-state index is -3.41. The Morgan fingerprint density at radius 2 is 2.12 bits per heavy atom. The maximum absolute atomic E-state index is 13.0. The van der Waals surface area contributed by atoms with Gasteiger partial charge in [-0.15, -0.1) is 0 Å². The first-order valence-electron chi connectivity index (χ1n) is 7.67. The van der Waals surface area contributed by atoms with Crippen molar-refractivity contribution in [3.8, 4) is 6.07 Å². The molecule has 1 aliphatic heterocycles. The summed E-state index contributed by atoms with van der Waals surface area (Å²) >= 11 is 0. The van der Waals surface area contributed by atoms with Crippen molar-refractivity contribution in [3.63, 3.8) is 0 Å². The van der Waals surface area contributed by atoms with Gasteiger partial charge in [0.1, 0.15) is 11.4 Å². The van der Waals surface area contributed by atoms with Gasteiger partial charge < -0.3 is 11.1 Å². The van der Waals surface area contributed by atoms with E-state index < -0.39 is 33.0 Å². The topological polar surface area (TPSA) is 131 Å². The number of anilines is 2. The predicted octanol–water partition coefficient (Wildman–Crippen LogP) is 1.36. The van der Waals surface area contributed by atoms with E-state index in [0.29, 0.717) is 5.69 Å². The van der Waals surface area contributed by atoms with Crippen LogP contribution in [0.15, 0.2) is 30.5 Å². The normalized spacial score (nSPS) is 24.1. The Labute approximate surface area is 149 Å². The number of nitrogens with two attached hydrogens (primary N) is 1. The van der Waals surface area contributed by atoms with Crippen molar-refractivity contribution in [2.45, 2.75) is 13.0 Å². The fourth-order valence-electron chi connectivity index (χ4n) is 3.01. The quantitative estimate of drug-likeness (QED) is 0.827. The van der Waals surface area contributed by atoms with Crippen molar-refractivity contribution >= 4 is 27.2 Å². The zero-order chi connectivity index (χ0) is 19.1. The summed E-state index contributed by atoms with van der Waals surface area (Å²) in [6.45, 7) is 1.54. The lowest BCUT2D eigenvalue weighted by molar-refractivity contribution is 0.100. The summed E-state index contributed by atoms with van der Waals surface area (Å²) in [7, 11) is -3.41. The lowest BCUT2D eigenvalue weighted by Gasteiger charge is -2.22. The first-order chi connectivity index (χ1) is 12.1. The van der Waals surface area contributed by atoms with Gasteiger partial charge in [-0.3, -0.25) is 9.48 Å². The predicted molar refractivity (Wildman–Crippen MR) is 91.8 cm³/mol. The molecule has 1 unspecified atom stereocenters. The number of sulfone groups is 1. The van der Waals surface area contributed by atoms with E-state index in [1.54, 1.807) is 6.92 Å². The molecular weight excluding hydrogens is 361 g/mol. The van der Waals surface area contributed by atoms with Gasteiger partial charge in [-0.05, 0) is 31.2 Å². The van der Waals surface area contributed by atoms with Crippen molar-refractivity contribution < 1.29 is 17.6 Å². The van der Waals surface area contributed by atoms with Crippen molar-refractivity contribution in [1.29, 1.82) is 5.26 Å². The highest BCUT2D eigenvalue weighted by molar-refractivity contribution is 7.91. The van der Waals surface area contributed by atoms with Crippen LogP contribution >= 0.6 is 0 Å². The van der Waals surface area contributed by atoms with Crippen LogP contribution in [0.3, 0.4) is 0 Å². The van der Waals surface area contributed by atoms with Gasteiger partial charge in [0.15, 0.2) is 15.7 Å². The number of hydrogen-bond acceptors (Lipinski definition) is 6. The number of hydrogen-bond donors (Lipinski definition) is 2. The van der Waals surface area contributed by atoms with Gasteiger partial charge in [-0.1, -0.05) is 0 Å². The van der Waals surface area contributed by atoms with Gasteiger partial charge in [0.05, 0.1) is 29.0 Å². The average molecular weight is 377 g/mol. The first kappa shape index (κ1) is 17.9. The van der Waals surface area contributed by atoms with E-state index >= 15 is 0 Å². The highest BCUT2D eigenvalue weighted by atomic mass is 32.2. The number of rotatable bonds is 4. The van der Waals surface area contributed by atoms with Crippen molar-refractivity contribution in [2.24, 2.45) is 11.1 Å². The SMILES string of the molecule is C[C@]1(C#N)CS(=O)(=O)CC1n1cc(C(N)=O)c(Nc2ccc(F)cc2)n1. The second-order valence-electron chi connectivity index (χ2n) is 6.47. The molecule has 2 aromatic rings. The zero-order valence-corrected chi connectivity index (χ0v) is 14.6. The second-order valence-corrected chi connectivity index (χ2v) is 8.58. The van der Waals surface area contributed by atoms with Crippen LogP contribution in [0.2, 0.25) is 0 Å². The summed E-state index contributed by atoms with van der Waals surface area (Å²) in [4.78, 5) is 11.7. The Hall–Kier alpha value is -2.93. The highest BCUT2D eigenvalue weighted by Gasteiger charge is 2.49. The number of primary amides is 1. The van der Waals surface area contributed by atoms with Crippen LogP contribution < -0.4 is 11.1 Å². The Morgan fingerprint density at radius 3 is 2.69 bits per heavy atom. The molecule has 0 spiro atoms. The van der Waals surface area contributed by atoms with Crippen LogP contribution in [0, 0.1) is 22.6 Å². The fourth-order valence-corrected chi connectivity index (χ4v) is 5.30. The molecule has 1 saturated heterocycles. The molecule has 26 heavy (non-hydrogen) atoms. The molecule has 3 N–H and O–H groups in total. The molecular formula is C16H16FN5O3S. The number of amides is 1. The largest absolute Gasteiger partial charge is 0.365 e. The summed E-state index contributed by atoms with van der Waals surface area (Å²) < 4.78 is 38.3. The van der Waals surface area contributed by atoms with E-state index in [1.165, 1.54) is 35.1 Å². The number of carbonyl (C=O) groups is 1. The van der Waals surface area contributed by atoms with Gasteiger partial charge in [-0.25, -0.2) is 12.8 Å². The Morgan fingerprint density at radius 1 is 1.46 bits per heavy atom. The van der Waals surface area contributed by atoms with Gasteiger partial charge in [-0.2, -0.15) is 10.4 Å². The van der Waals surface area contributed by atoms with E-state index in [9.17, 15) is 22.9 Å². The minimum absolute atomic E-state index is 0.0407. The molecule has 1 amide bonds. The van der Waals surface area contributed by atoms with Gasteiger partial charge in [0.2, 0.25) is 0 Å². The van der Waals surface area contributed by atoms with Crippen molar-refractivity contribution in [1.82, 2.24) is 9.78 Å². The number of carbonyl (C=O) groups excluding carboxylic acids is 1. The summed E-state index contributed by atoms with van der Waals surface area (Å²) in [5, 5.41) is 16.5. The maximum atomic E-state index is 13.0. The van der Waals surface area contributed by atoms with E-state index in [-0.39, 0.29) is 22.9 Å². The molecule has 0 aliphatic carbocycles. The molecule has 10 heteroatoms. The van der Waals surface area contributed by atoms with E-state index in [1.807, 2.05) is 6.07 Å². The Balaban J connectivity index is 2.01. The van der Waals surface area contributed by atoms with E-state index in [0.717, 1.165) is 0 Å². The summed E-state index contributed by atoms with van der Waals surface area (Å²) in [5.74, 6) is -1.62. The summed E-state index contributed by atoms with van der Waals surface area (Å²) in [5.41, 5.74) is 4.72. The molecule has 1 aliphatic rings. The molecule has 0 bridgehead atoms. The second kappa shape index (κ2) is 6.10. The molecule has 3 rings (SSSR count). The van der Waals surface area contributed by atoms with E-state index in [2.05, 4.69) is 10.4 Å². The number of benzene rings is 1. The third-order valence-corrected chi connectivity index (χ3v) is 6.21. The third-order valence-electron chi connectivity index (χ3n) is 4.35. The number of aromatic nitrogens is 2. The van der Waals surface area contributed by atoms with Gasteiger partial charge >= 0.3 is 0 Å². The smallest absolute Gasteiger partial charge is 0.254 e. The average Bonchev–Trinajstić information content (AvgIpc) is 3.08. The Kier molecular flexibility index (Phi) is 4.20. The van der Waals surface area contributed by atoms with Crippen LogP contribution in [0.5, 0.6) is 0 Å². The number of nitrogens with one attached hydrogen (secondary N) is 1. The molecule has 1 aromatic carbocycles. The van der Waals surface area contributed by atoms with Crippen LogP contribution in [0.1, 0.15) is 23.3 Å². The molecule has 0 saturated carbocycles. The first-order valence-corrected chi connectivity index (χ1v) is 9.49. The molecule has 1 aromatic heterocycles. The highest BCUT2D eigenvalue weighted by Crippen LogP contribution is 2.40. The lowest BCUT2D eigenvalue weighted by atomic mass is 9.87. The fraction of sp³-hybridized carbons (Fsp3) is 0.312. The van der Waals surface area contributed by atoms with Gasteiger partial charge in [0, 0.05) is 11.9 Å². The van der Waals surface area contributed by atoms with Crippen LogP contribution in [0.25, 0.3) is 0 Å². The maximum Gasteiger partial charge on any atom is 0.254 e. The lowest BCUT2D eigenvalue weighted by Crippen LogP contribution is -2.27. The number of nitrogens with zero attached hydrogens (tertiary/aromatic N) is 3. The van der Waals surface area contributed by atoms with Crippen LogP contribution in [-0.2, 0) is 9.84 Å². The number of halogens is 1. The van der Waals surface area contributed by atoms with Crippen LogP contribution in [-0.4, -0.2) is 35.6 Å². The monoisotopic (exact) mass is 377 g/mol. The van der Waals surface area contributed by atoms with E-state index in [4.69, 9.17) is 5.73 Å². The van der Waals surface area contributed by atoms with Gasteiger partial charge in [0.25, 0.3) is 5.91 Å². The molecule has 8 nitrogen and oxygen atoms in total. The molecule has 1 fully saturated rings. The minimum Gasteiger partial charge on any atom is -0.365 e. The molecule has 2 heterocycles. The molecule has 0 radical (unpaired) electrons. The standard InChI is InChI=1S/C16H16FN5O3S/c1-16(8-18)9-26(24,25)7-13(16)22-6-12(14(19)23)15(21-22)20-11-4-2-10(17)3-5-11/h2-6,13H,7,9H2,1H3,(H2,19,23)(H,20,21)/t13?,16-/m0/s1. The summed E-state index contributed by atoms with van der Waals surface area (Å²) in [6.07, 6.45) is 1.33. The van der Waals surface area contributed by atoms with Crippen LogP contribution in [0.4, 0.5) is 15.9 Å². The molecule has 136 valence electrons.